The van der Waals surface area contributed by atoms with E-state index in [-0.39, 0.29) is 24.0 Å². The van der Waals surface area contributed by atoms with E-state index >= 15 is 0 Å². The lowest BCUT2D eigenvalue weighted by molar-refractivity contribution is -0.125. The molecule has 1 saturated heterocycles. The Bertz CT molecular complexity index is 1600. The van der Waals surface area contributed by atoms with E-state index in [9.17, 15) is 9.59 Å². The van der Waals surface area contributed by atoms with Crippen molar-refractivity contribution in [2.75, 3.05) is 51.3 Å². The minimum atomic E-state index is -0.349. The number of carbonyl (C=O) groups excluding carboxylic acids is 2. The van der Waals surface area contributed by atoms with Crippen LogP contribution in [0.3, 0.4) is 0 Å². The number of fused-ring (bicyclic) bond motifs is 1. The Balaban J connectivity index is 1.15. The summed E-state index contributed by atoms with van der Waals surface area (Å²) in [6, 6.07) is 18.8. The third-order valence-electron chi connectivity index (χ3n) is 9.62. The lowest BCUT2D eigenvalue weighted by Gasteiger charge is -2.36. The average Bonchev–Trinajstić information content (AvgIpc) is 3.74. The number of aromatic nitrogens is 2. The number of hydrogen-bond acceptors (Lipinski definition) is 7. The highest BCUT2D eigenvalue weighted by Gasteiger charge is 2.25. The van der Waals surface area contributed by atoms with Crippen molar-refractivity contribution in [3.8, 4) is 5.75 Å². The molecule has 1 N–H and O–H groups in total. The predicted octanol–water partition coefficient (Wildman–Crippen LogP) is 7.62. The van der Waals surface area contributed by atoms with Gasteiger partial charge in [0.25, 0.3) is 0 Å². The maximum atomic E-state index is 13.6. The smallest absolute Gasteiger partial charge is 0.223 e. The zero-order valence-corrected chi connectivity index (χ0v) is 30.2. The molecule has 9 heteroatoms. The van der Waals surface area contributed by atoms with Crippen molar-refractivity contribution in [3.63, 3.8) is 0 Å². The van der Waals surface area contributed by atoms with E-state index in [1.165, 1.54) is 10.6 Å². The molecule has 1 atom stereocenters. The molecule has 1 amide bonds. The second-order valence-electron chi connectivity index (χ2n) is 13.5. The number of nitrogens with one attached hydrogen (secondary N) is 1. The first-order chi connectivity index (χ1) is 23.3. The number of Topliss-reactive ketones (excluding diaryl/α,β-unsaturated/α-hetero) is 1. The molecule has 0 unspecified atom stereocenters. The molecule has 48 heavy (non-hydrogen) atoms. The molecular weight excluding hydrogens is 619 g/mol. The molecule has 0 bridgehead atoms. The van der Waals surface area contributed by atoms with Crippen molar-refractivity contribution in [1.82, 2.24) is 19.8 Å². The van der Waals surface area contributed by atoms with Crippen molar-refractivity contribution in [2.45, 2.75) is 72.3 Å². The van der Waals surface area contributed by atoms with Crippen LogP contribution in [0.1, 0.15) is 86.9 Å². The fraction of sp³-hybridized carbons (Fsp3) is 0.513. The van der Waals surface area contributed by atoms with E-state index in [0.717, 1.165) is 81.0 Å². The summed E-state index contributed by atoms with van der Waals surface area (Å²) in [5, 5.41) is 5.27. The first-order valence-corrected chi connectivity index (χ1v) is 18.6. The standard InChI is InChI=1S/C39H53N5O3S/c1-6-31(7-2)44-36-16-11-29(25-35(36)41-38(44)27-34-10-8-23-48-34)37(45)26-30(24-28(3)4)39(46)40-17-9-18-42-19-21-43(22-20-42)32-12-14-33(47-5)15-13-32/h8,10-16,23,25,28,30-31H,6-7,9,17-22,24,26-27H2,1-5H3,(H,40,46)/t30-/m1/s1. The van der Waals surface area contributed by atoms with Gasteiger partial charge in [-0.3, -0.25) is 14.5 Å². The number of imidazole rings is 1. The Labute approximate surface area is 290 Å². The van der Waals surface area contributed by atoms with Crippen molar-refractivity contribution in [3.05, 3.63) is 76.2 Å². The zero-order chi connectivity index (χ0) is 34.0. The number of hydrogen-bond donors (Lipinski definition) is 1. The average molecular weight is 672 g/mol. The van der Waals surface area contributed by atoms with E-state index in [0.29, 0.717) is 30.5 Å². The number of thiophene rings is 1. The summed E-state index contributed by atoms with van der Waals surface area (Å²) in [4.78, 5) is 38.2. The molecular formula is C39H53N5O3S. The number of anilines is 1. The molecule has 2 aromatic heterocycles. The minimum absolute atomic E-state index is 0.00400. The fourth-order valence-electron chi connectivity index (χ4n) is 6.95. The highest BCUT2D eigenvalue weighted by atomic mass is 32.1. The highest BCUT2D eigenvalue weighted by molar-refractivity contribution is 7.09. The van der Waals surface area contributed by atoms with Gasteiger partial charge in [-0.15, -0.1) is 11.3 Å². The molecule has 258 valence electrons. The molecule has 0 radical (unpaired) electrons. The molecule has 0 aliphatic carbocycles. The summed E-state index contributed by atoms with van der Waals surface area (Å²) in [7, 11) is 1.69. The normalized spacial score (nSPS) is 14.6. The van der Waals surface area contributed by atoms with Crippen LogP contribution < -0.4 is 15.0 Å². The highest BCUT2D eigenvalue weighted by Crippen LogP contribution is 2.29. The van der Waals surface area contributed by atoms with Gasteiger partial charge >= 0.3 is 0 Å². The van der Waals surface area contributed by atoms with Gasteiger partial charge in [0.1, 0.15) is 11.6 Å². The summed E-state index contributed by atoms with van der Waals surface area (Å²) in [6.07, 6.45) is 4.60. The summed E-state index contributed by atoms with van der Waals surface area (Å²) in [5.41, 5.74) is 3.79. The molecule has 0 saturated carbocycles. The van der Waals surface area contributed by atoms with Crippen LogP contribution in [-0.4, -0.2) is 72.5 Å². The topological polar surface area (TPSA) is 79.7 Å². The molecule has 1 aliphatic rings. The van der Waals surface area contributed by atoms with Gasteiger partial charge in [0, 0.05) is 73.7 Å². The van der Waals surface area contributed by atoms with Crippen LogP contribution in [-0.2, 0) is 11.2 Å². The van der Waals surface area contributed by atoms with Gasteiger partial charge < -0.3 is 19.5 Å². The van der Waals surface area contributed by atoms with Crippen LogP contribution in [0.4, 0.5) is 5.69 Å². The number of carbonyl (C=O) groups is 2. The number of nitrogens with zero attached hydrogens (tertiary/aromatic N) is 4. The second-order valence-corrected chi connectivity index (χ2v) is 14.5. The fourth-order valence-corrected chi connectivity index (χ4v) is 7.65. The number of ether oxygens (including phenoxy) is 1. The molecule has 5 rings (SSSR count). The monoisotopic (exact) mass is 671 g/mol. The number of piperazine rings is 1. The number of rotatable bonds is 17. The predicted molar refractivity (Wildman–Crippen MR) is 198 cm³/mol. The lowest BCUT2D eigenvalue weighted by Crippen LogP contribution is -2.47. The minimum Gasteiger partial charge on any atom is -0.497 e. The third-order valence-corrected chi connectivity index (χ3v) is 10.5. The molecule has 1 fully saturated rings. The Morgan fingerprint density at radius 1 is 1.00 bits per heavy atom. The van der Waals surface area contributed by atoms with Crippen molar-refractivity contribution >= 4 is 39.7 Å². The third kappa shape index (κ3) is 9.05. The molecule has 3 heterocycles. The van der Waals surface area contributed by atoms with E-state index in [1.54, 1.807) is 18.4 Å². The molecule has 0 spiro atoms. The van der Waals surface area contributed by atoms with E-state index < -0.39 is 0 Å². The SMILES string of the molecule is CCC(CC)n1c(Cc2cccs2)nc2cc(C(=O)C[C@@H](CC(C)C)C(=O)NCCCN3CCN(c4ccc(OC)cc4)CC3)ccc21. The Hall–Kier alpha value is -3.69. The second kappa shape index (κ2) is 17.1. The van der Waals surface area contributed by atoms with Crippen molar-refractivity contribution in [1.29, 1.82) is 0 Å². The molecule has 4 aromatic rings. The van der Waals surface area contributed by atoms with Gasteiger partial charge in [-0.25, -0.2) is 4.98 Å². The van der Waals surface area contributed by atoms with Gasteiger partial charge in [-0.1, -0.05) is 33.8 Å². The van der Waals surface area contributed by atoms with Gasteiger partial charge in [-0.2, -0.15) is 0 Å². The Kier molecular flexibility index (Phi) is 12.7. The molecule has 2 aromatic carbocycles. The summed E-state index contributed by atoms with van der Waals surface area (Å²) >= 11 is 1.75. The van der Waals surface area contributed by atoms with E-state index in [1.807, 2.05) is 24.3 Å². The first kappa shape index (κ1) is 35.6. The zero-order valence-electron chi connectivity index (χ0n) is 29.4. The van der Waals surface area contributed by atoms with Gasteiger partial charge in [0.15, 0.2) is 5.78 Å². The summed E-state index contributed by atoms with van der Waals surface area (Å²) in [6.45, 7) is 14.2. The lowest BCUT2D eigenvalue weighted by atomic mass is 9.89. The maximum absolute atomic E-state index is 13.6. The number of benzene rings is 2. The number of amides is 1. The first-order valence-electron chi connectivity index (χ1n) is 17.7. The van der Waals surface area contributed by atoms with E-state index in [2.05, 4.69) is 83.1 Å². The number of methoxy groups -OCH3 is 1. The Morgan fingerprint density at radius 2 is 1.75 bits per heavy atom. The summed E-state index contributed by atoms with van der Waals surface area (Å²) < 4.78 is 7.66. The van der Waals surface area contributed by atoms with Crippen LogP contribution >= 0.6 is 11.3 Å². The summed E-state index contributed by atoms with van der Waals surface area (Å²) in [5.74, 6) is 1.87. The van der Waals surface area contributed by atoms with Crippen molar-refractivity contribution in [2.24, 2.45) is 11.8 Å². The van der Waals surface area contributed by atoms with Crippen molar-refractivity contribution < 1.29 is 14.3 Å². The van der Waals surface area contributed by atoms with Crippen LogP contribution in [0.25, 0.3) is 11.0 Å². The molecule has 8 nitrogen and oxygen atoms in total. The van der Waals surface area contributed by atoms with E-state index in [4.69, 9.17) is 9.72 Å². The quantitative estimate of drug-likeness (QED) is 0.0919. The largest absolute Gasteiger partial charge is 0.497 e. The number of ketones is 1. The van der Waals surface area contributed by atoms with Crippen LogP contribution in [0.15, 0.2) is 60.0 Å². The van der Waals surface area contributed by atoms with Crippen LogP contribution in [0, 0.1) is 11.8 Å². The van der Waals surface area contributed by atoms with Crippen LogP contribution in [0.5, 0.6) is 5.75 Å². The maximum Gasteiger partial charge on any atom is 0.223 e. The Morgan fingerprint density at radius 3 is 2.40 bits per heavy atom. The molecule has 1 aliphatic heterocycles. The van der Waals surface area contributed by atoms with Gasteiger partial charge in [0.2, 0.25) is 5.91 Å². The van der Waals surface area contributed by atoms with Gasteiger partial charge in [-0.05, 0) is 92.1 Å². The van der Waals surface area contributed by atoms with Crippen LogP contribution in [0.2, 0.25) is 0 Å². The van der Waals surface area contributed by atoms with Gasteiger partial charge in [0.05, 0.1) is 18.1 Å².